The fourth-order valence-corrected chi connectivity index (χ4v) is 1.17. The Morgan fingerprint density at radius 3 is 2.47 bits per heavy atom. The third-order valence-corrected chi connectivity index (χ3v) is 2.32. The summed E-state index contributed by atoms with van der Waals surface area (Å²) in [5.74, 6) is -1.86. The van der Waals surface area contributed by atoms with E-state index in [-0.39, 0.29) is 5.56 Å². The molecule has 0 unspecified atom stereocenters. The predicted molar refractivity (Wildman–Crippen MR) is 58.1 cm³/mol. The van der Waals surface area contributed by atoms with Crippen molar-refractivity contribution < 1.29 is 24.5 Å². The maximum atomic E-state index is 12.7. The summed E-state index contributed by atoms with van der Waals surface area (Å²) in [5, 5.41) is 29.7. The molecule has 0 heterocycles. The van der Waals surface area contributed by atoms with Crippen LogP contribution in [0.2, 0.25) is 0 Å². The molecule has 0 bridgehead atoms. The van der Waals surface area contributed by atoms with E-state index in [4.69, 9.17) is 10.2 Å². The van der Waals surface area contributed by atoms with Crippen LogP contribution in [-0.2, 0) is 0 Å². The standard InChI is InChI=1S/C11H14FNO4/c1-11(5-14,6-15)13-10(17)8-3-2-7(12)4-9(8)16/h2-4,14-16H,5-6H2,1H3,(H,13,17). The zero-order valence-corrected chi connectivity index (χ0v) is 9.27. The van der Waals surface area contributed by atoms with Gasteiger partial charge in [0.1, 0.15) is 11.6 Å². The van der Waals surface area contributed by atoms with E-state index >= 15 is 0 Å². The van der Waals surface area contributed by atoms with Gasteiger partial charge in [0.05, 0.1) is 24.3 Å². The number of aliphatic hydroxyl groups excluding tert-OH is 2. The van der Waals surface area contributed by atoms with Crippen molar-refractivity contribution in [3.63, 3.8) is 0 Å². The molecule has 0 saturated carbocycles. The van der Waals surface area contributed by atoms with Gasteiger partial charge in [0.2, 0.25) is 0 Å². The van der Waals surface area contributed by atoms with Gasteiger partial charge in [-0.15, -0.1) is 0 Å². The van der Waals surface area contributed by atoms with Crippen LogP contribution in [0.3, 0.4) is 0 Å². The first-order chi connectivity index (χ1) is 7.91. The number of benzene rings is 1. The summed E-state index contributed by atoms with van der Waals surface area (Å²) in [5.41, 5.74) is -1.32. The Labute approximate surface area is 97.5 Å². The van der Waals surface area contributed by atoms with Crippen molar-refractivity contribution in [1.82, 2.24) is 5.32 Å². The SMILES string of the molecule is CC(CO)(CO)NC(=O)c1ccc(F)cc1O. The van der Waals surface area contributed by atoms with Gasteiger partial charge in [0.15, 0.2) is 0 Å². The first kappa shape index (κ1) is 13.4. The van der Waals surface area contributed by atoms with E-state index < -0.39 is 36.2 Å². The Morgan fingerprint density at radius 2 is 2.00 bits per heavy atom. The highest BCUT2D eigenvalue weighted by Gasteiger charge is 2.26. The lowest BCUT2D eigenvalue weighted by atomic mass is 10.0. The van der Waals surface area contributed by atoms with Crippen LogP contribution in [0.25, 0.3) is 0 Å². The van der Waals surface area contributed by atoms with Gasteiger partial charge in [-0.2, -0.15) is 0 Å². The fourth-order valence-electron chi connectivity index (χ4n) is 1.17. The van der Waals surface area contributed by atoms with Gasteiger partial charge in [-0.3, -0.25) is 4.79 Å². The first-order valence-electron chi connectivity index (χ1n) is 4.94. The molecule has 0 aliphatic carbocycles. The number of halogens is 1. The molecule has 5 nitrogen and oxygen atoms in total. The average molecular weight is 243 g/mol. The number of aromatic hydroxyl groups is 1. The molecule has 94 valence electrons. The van der Waals surface area contributed by atoms with E-state index in [1.165, 1.54) is 6.92 Å². The highest BCUT2D eigenvalue weighted by atomic mass is 19.1. The molecular weight excluding hydrogens is 229 g/mol. The Bertz CT molecular complexity index is 418. The van der Waals surface area contributed by atoms with Gasteiger partial charge < -0.3 is 20.6 Å². The largest absolute Gasteiger partial charge is 0.507 e. The number of rotatable bonds is 4. The number of phenolic OH excluding ortho intramolecular Hbond substituents is 1. The molecule has 17 heavy (non-hydrogen) atoms. The maximum absolute atomic E-state index is 12.7. The lowest BCUT2D eigenvalue weighted by molar-refractivity contribution is 0.0721. The third kappa shape index (κ3) is 3.15. The van der Waals surface area contributed by atoms with Gasteiger partial charge >= 0.3 is 0 Å². The van der Waals surface area contributed by atoms with E-state index in [0.29, 0.717) is 0 Å². The second-order valence-corrected chi connectivity index (χ2v) is 3.99. The molecule has 6 heteroatoms. The van der Waals surface area contributed by atoms with Crippen LogP contribution in [0.1, 0.15) is 17.3 Å². The minimum Gasteiger partial charge on any atom is -0.507 e. The van der Waals surface area contributed by atoms with Gasteiger partial charge in [0.25, 0.3) is 5.91 Å². The minimum absolute atomic E-state index is 0.125. The summed E-state index contributed by atoms with van der Waals surface area (Å²) < 4.78 is 12.7. The van der Waals surface area contributed by atoms with Gasteiger partial charge in [-0.05, 0) is 19.1 Å². The van der Waals surface area contributed by atoms with Gasteiger partial charge in [0, 0.05) is 6.07 Å². The number of phenols is 1. The number of carbonyl (C=O) groups is 1. The van der Waals surface area contributed by atoms with Crippen LogP contribution < -0.4 is 5.32 Å². The summed E-state index contributed by atoms with van der Waals surface area (Å²) in [6.45, 7) is 0.514. The molecular formula is C11H14FNO4. The molecule has 0 saturated heterocycles. The fraction of sp³-hybridized carbons (Fsp3) is 0.364. The highest BCUT2D eigenvalue weighted by Crippen LogP contribution is 2.18. The maximum Gasteiger partial charge on any atom is 0.255 e. The summed E-state index contributed by atoms with van der Waals surface area (Å²) in [7, 11) is 0. The third-order valence-electron chi connectivity index (χ3n) is 2.32. The van der Waals surface area contributed by atoms with Crippen molar-refractivity contribution in [2.45, 2.75) is 12.5 Å². The number of hydrogen-bond acceptors (Lipinski definition) is 4. The molecule has 0 radical (unpaired) electrons. The van der Waals surface area contributed by atoms with E-state index in [0.717, 1.165) is 18.2 Å². The summed E-state index contributed by atoms with van der Waals surface area (Å²) in [6, 6.07) is 2.96. The van der Waals surface area contributed by atoms with Crippen LogP contribution in [-0.4, -0.2) is 40.0 Å². The number of nitrogens with one attached hydrogen (secondary N) is 1. The lowest BCUT2D eigenvalue weighted by Gasteiger charge is -2.26. The summed E-state index contributed by atoms with van der Waals surface area (Å²) in [4.78, 5) is 11.7. The zero-order valence-electron chi connectivity index (χ0n) is 9.27. The first-order valence-corrected chi connectivity index (χ1v) is 4.94. The topological polar surface area (TPSA) is 89.8 Å². The Hall–Kier alpha value is -1.66. The zero-order chi connectivity index (χ0) is 13.1. The Balaban J connectivity index is 2.90. The van der Waals surface area contributed by atoms with Gasteiger partial charge in [-0.25, -0.2) is 4.39 Å². The quantitative estimate of drug-likeness (QED) is 0.599. The van der Waals surface area contributed by atoms with Crippen molar-refractivity contribution in [2.75, 3.05) is 13.2 Å². The molecule has 0 aliphatic rings. The van der Waals surface area contributed by atoms with Gasteiger partial charge in [-0.1, -0.05) is 0 Å². The van der Waals surface area contributed by atoms with Crippen molar-refractivity contribution in [2.24, 2.45) is 0 Å². The molecule has 1 aromatic rings. The lowest BCUT2D eigenvalue weighted by Crippen LogP contribution is -2.51. The van der Waals surface area contributed by atoms with Crippen LogP contribution >= 0.6 is 0 Å². The molecule has 1 rings (SSSR count). The van der Waals surface area contributed by atoms with Crippen LogP contribution in [0.4, 0.5) is 4.39 Å². The van der Waals surface area contributed by atoms with E-state index in [1.807, 2.05) is 0 Å². The smallest absolute Gasteiger partial charge is 0.255 e. The number of aliphatic hydroxyl groups is 2. The molecule has 4 N–H and O–H groups in total. The Kier molecular flexibility index (Phi) is 4.03. The second kappa shape index (κ2) is 5.11. The van der Waals surface area contributed by atoms with Crippen molar-refractivity contribution in [3.05, 3.63) is 29.6 Å². The van der Waals surface area contributed by atoms with Crippen LogP contribution in [0.5, 0.6) is 5.75 Å². The number of carbonyl (C=O) groups excluding carboxylic acids is 1. The van der Waals surface area contributed by atoms with E-state index in [1.54, 1.807) is 0 Å². The molecule has 1 amide bonds. The average Bonchev–Trinajstić information content (AvgIpc) is 2.28. The van der Waals surface area contributed by atoms with Crippen LogP contribution in [0, 0.1) is 5.82 Å². The monoisotopic (exact) mass is 243 g/mol. The molecule has 1 aromatic carbocycles. The summed E-state index contributed by atoms with van der Waals surface area (Å²) >= 11 is 0. The van der Waals surface area contributed by atoms with Crippen LogP contribution in [0.15, 0.2) is 18.2 Å². The molecule has 0 fully saturated rings. The van der Waals surface area contributed by atoms with Crippen molar-refractivity contribution in [1.29, 1.82) is 0 Å². The normalized spacial score (nSPS) is 11.3. The van der Waals surface area contributed by atoms with E-state index in [9.17, 15) is 14.3 Å². The second-order valence-electron chi connectivity index (χ2n) is 3.99. The molecule has 0 atom stereocenters. The van der Waals surface area contributed by atoms with Crippen molar-refractivity contribution in [3.8, 4) is 5.75 Å². The van der Waals surface area contributed by atoms with E-state index in [2.05, 4.69) is 5.32 Å². The Morgan fingerprint density at radius 1 is 1.41 bits per heavy atom. The molecule has 0 spiro atoms. The molecule has 0 aliphatic heterocycles. The number of hydrogen-bond donors (Lipinski definition) is 4. The minimum atomic E-state index is -1.20. The highest BCUT2D eigenvalue weighted by molar-refractivity contribution is 5.97. The number of amides is 1. The molecule has 0 aromatic heterocycles. The predicted octanol–water partition coefficient (Wildman–Crippen LogP) is 0.00440. The summed E-state index contributed by atoms with van der Waals surface area (Å²) in [6.07, 6.45) is 0. The van der Waals surface area contributed by atoms with Crippen molar-refractivity contribution >= 4 is 5.91 Å².